The van der Waals surface area contributed by atoms with Crippen molar-refractivity contribution in [2.24, 2.45) is 0 Å². The summed E-state index contributed by atoms with van der Waals surface area (Å²) in [6.45, 7) is 4.42. The van der Waals surface area contributed by atoms with Crippen LogP contribution in [-0.2, 0) is 6.42 Å². The van der Waals surface area contributed by atoms with E-state index in [0.29, 0.717) is 5.13 Å². The number of hydrogen-bond acceptors (Lipinski definition) is 7. The van der Waals surface area contributed by atoms with Gasteiger partial charge in [-0.2, -0.15) is 0 Å². The first kappa shape index (κ1) is 12.8. The van der Waals surface area contributed by atoms with Gasteiger partial charge in [-0.1, -0.05) is 36.0 Å². The molecule has 2 aromatic rings. The lowest BCUT2D eigenvalue weighted by molar-refractivity contribution is 0.879. The molecule has 0 spiro atoms. The fourth-order valence-corrected chi connectivity index (χ4v) is 4.15. The van der Waals surface area contributed by atoms with Crippen molar-refractivity contribution in [3.63, 3.8) is 0 Å². The molecule has 0 bridgehead atoms. The van der Waals surface area contributed by atoms with Crippen LogP contribution >= 0.6 is 22.7 Å². The zero-order valence-corrected chi connectivity index (χ0v) is 12.6. The predicted molar refractivity (Wildman–Crippen MR) is 80.9 cm³/mol. The molecule has 19 heavy (non-hydrogen) atoms. The highest BCUT2D eigenvalue weighted by Gasteiger charge is 2.21. The van der Waals surface area contributed by atoms with E-state index in [-0.39, 0.29) is 0 Å². The van der Waals surface area contributed by atoms with Gasteiger partial charge < -0.3 is 10.6 Å². The summed E-state index contributed by atoms with van der Waals surface area (Å²) >= 11 is 3.17. The van der Waals surface area contributed by atoms with Crippen LogP contribution in [0, 0.1) is 0 Å². The van der Waals surface area contributed by atoms with Gasteiger partial charge in [0.1, 0.15) is 0 Å². The van der Waals surface area contributed by atoms with Crippen molar-refractivity contribution in [2.75, 3.05) is 23.7 Å². The number of nitrogens with two attached hydrogens (primary N) is 1. The van der Waals surface area contributed by atoms with Gasteiger partial charge in [-0.25, -0.2) is 4.98 Å². The Kier molecular flexibility index (Phi) is 3.65. The molecule has 0 aromatic carbocycles. The number of thiazole rings is 1. The Labute approximate surface area is 120 Å². The lowest BCUT2D eigenvalue weighted by atomic mass is 10.2. The van der Waals surface area contributed by atoms with E-state index in [0.717, 1.165) is 46.6 Å². The fourth-order valence-electron chi connectivity index (χ4n) is 2.28. The summed E-state index contributed by atoms with van der Waals surface area (Å²) in [6, 6.07) is 0. The van der Waals surface area contributed by atoms with Crippen molar-refractivity contribution >= 4 is 32.9 Å². The van der Waals surface area contributed by atoms with Crippen molar-refractivity contribution in [2.45, 2.75) is 32.6 Å². The summed E-state index contributed by atoms with van der Waals surface area (Å²) in [5.41, 5.74) is 6.83. The Balaban J connectivity index is 1.96. The maximum Gasteiger partial charge on any atom is 0.203 e. The summed E-state index contributed by atoms with van der Waals surface area (Å²) < 4.78 is 0. The largest absolute Gasteiger partial charge is 0.374 e. The SMILES string of the molecule is CCCc1nc(N2CCCC2)sc1-c1nnc(N)s1. The molecule has 2 N–H and O–H groups in total. The smallest absolute Gasteiger partial charge is 0.203 e. The Morgan fingerprint density at radius 1 is 1.21 bits per heavy atom. The van der Waals surface area contributed by atoms with Crippen LogP contribution < -0.4 is 10.6 Å². The number of nitrogen functional groups attached to an aromatic ring is 1. The number of nitrogens with zero attached hydrogens (tertiary/aromatic N) is 4. The zero-order chi connectivity index (χ0) is 13.2. The third-order valence-corrected chi connectivity index (χ3v) is 5.25. The molecule has 0 radical (unpaired) electrons. The van der Waals surface area contributed by atoms with Crippen LogP contribution in [0.5, 0.6) is 0 Å². The second-order valence-electron chi connectivity index (χ2n) is 4.66. The molecule has 0 amide bonds. The summed E-state index contributed by atoms with van der Waals surface area (Å²) in [5.74, 6) is 0. The molecule has 1 aliphatic heterocycles. The highest BCUT2D eigenvalue weighted by molar-refractivity contribution is 7.25. The second-order valence-corrected chi connectivity index (χ2v) is 6.65. The van der Waals surface area contributed by atoms with Gasteiger partial charge in [0.25, 0.3) is 0 Å². The predicted octanol–water partition coefficient (Wildman–Crippen LogP) is 2.80. The Morgan fingerprint density at radius 3 is 2.63 bits per heavy atom. The second kappa shape index (κ2) is 5.42. The van der Waals surface area contributed by atoms with Crippen LogP contribution in [0.4, 0.5) is 10.3 Å². The van der Waals surface area contributed by atoms with E-state index in [1.807, 2.05) is 0 Å². The van der Waals surface area contributed by atoms with Gasteiger partial charge in [-0.15, -0.1) is 10.2 Å². The molecule has 0 atom stereocenters. The van der Waals surface area contributed by atoms with Crippen LogP contribution in [0.15, 0.2) is 0 Å². The fraction of sp³-hybridized carbons (Fsp3) is 0.583. The van der Waals surface area contributed by atoms with E-state index in [4.69, 9.17) is 10.7 Å². The summed E-state index contributed by atoms with van der Waals surface area (Å²) in [7, 11) is 0. The van der Waals surface area contributed by atoms with E-state index in [9.17, 15) is 0 Å². The molecule has 102 valence electrons. The van der Waals surface area contributed by atoms with Gasteiger partial charge in [0, 0.05) is 13.1 Å². The van der Waals surface area contributed by atoms with Gasteiger partial charge in [-0.05, 0) is 19.3 Å². The van der Waals surface area contributed by atoms with E-state index in [2.05, 4.69) is 22.0 Å². The van der Waals surface area contributed by atoms with Crippen LogP contribution in [0.3, 0.4) is 0 Å². The molecular formula is C12H17N5S2. The molecule has 1 saturated heterocycles. The maximum atomic E-state index is 5.69. The standard InChI is InChI=1S/C12H17N5S2/c1-2-5-8-9(10-15-16-11(13)19-10)18-12(14-8)17-6-3-4-7-17/h2-7H2,1H3,(H2,13,16). The highest BCUT2D eigenvalue weighted by atomic mass is 32.1. The quantitative estimate of drug-likeness (QED) is 0.939. The molecule has 0 unspecified atom stereocenters. The molecule has 3 heterocycles. The lowest BCUT2D eigenvalue weighted by Gasteiger charge is -2.12. The molecule has 3 rings (SSSR count). The van der Waals surface area contributed by atoms with Crippen molar-refractivity contribution in [3.8, 4) is 9.88 Å². The minimum Gasteiger partial charge on any atom is -0.374 e. The van der Waals surface area contributed by atoms with E-state index in [1.165, 1.54) is 24.2 Å². The number of aromatic nitrogens is 3. The number of anilines is 2. The first-order valence-electron chi connectivity index (χ1n) is 6.62. The average molecular weight is 295 g/mol. The molecule has 5 nitrogen and oxygen atoms in total. The average Bonchev–Trinajstić information content (AvgIpc) is 3.08. The highest BCUT2D eigenvalue weighted by Crippen LogP contribution is 2.38. The van der Waals surface area contributed by atoms with Crippen molar-refractivity contribution < 1.29 is 0 Å². The number of hydrogen-bond donors (Lipinski definition) is 1. The van der Waals surface area contributed by atoms with Crippen molar-refractivity contribution in [1.29, 1.82) is 0 Å². The molecule has 1 aliphatic rings. The maximum absolute atomic E-state index is 5.69. The first-order valence-corrected chi connectivity index (χ1v) is 8.25. The minimum absolute atomic E-state index is 0.522. The van der Waals surface area contributed by atoms with Gasteiger partial charge >= 0.3 is 0 Å². The van der Waals surface area contributed by atoms with Crippen LogP contribution in [-0.4, -0.2) is 28.3 Å². The molecule has 2 aromatic heterocycles. The topological polar surface area (TPSA) is 67.9 Å². The third-order valence-electron chi connectivity index (χ3n) is 3.18. The van der Waals surface area contributed by atoms with E-state index in [1.54, 1.807) is 11.3 Å². The zero-order valence-electron chi connectivity index (χ0n) is 10.9. The van der Waals surface area contributed by atoms with Crippen LogP contribution in [0.1, 0.15) is 31.9 Å². The van der Waals surface area contributed by atoms with Crippen molar-refractivity contribution in [3.05, 3.63) is 5.69 Å². The van der Waals surface area contributed by atoms with Gasteiger partial charge in [0.2, 0.25) is 5.13 Å². The molecule has 0 saturated carbocycles. The Morgan fingerprint density at radius 2 is 2.00 bits per heavy atom. The summed E-state index contributed by atoms with van der Waals surface area (Å²) in [6.07, 6.45) is 4.61. The number of aryl methyl sites for hydroxylation is 1. The first-order chi connectivity index (χ1) is 9.28. The molecule has 0 aliphatic carbocycles. The van der Waals surface area contributed by atoms with Crippen LogP contribution in [0.25, 0.3) is 9.88 Å². The Bertz CT molecular complexity index is 556. The normalized spacial score (nSPS) is 15.3. The minimum atomic E-state index is 0.522. The summed E-state index contributed by atoms with van der Waals surface area (Å²) in [4.78, 5) is 8.33. The monoisotopic (exact) mass is 295 g/mol. The molecule has 7 heteroatoms. The Hall–Kier alpha value is -1.21. The molecule has 1 fully saturated rings. The molecular weight excluding hydrogens is 278 g/mol. The number of rotatable bonds is 4. The van der Waals surface area contributed by atoms with Crippen molar-refractivity contribution in [1.82, 2.24) is 15.2 Å². The summed E-state index contributed by atoms with van der Waals surface area (Å²) in [5, 5.41) is 10.6. The van der Waals surface area contributed by atoms with Gasteiger partial charge in [-0.3, -0.25) is 0 Å². The lowest BCUT2D eigenvalue weighted by Crippen LogP contribution is -2.17. The van der Waals surface area contributed by atoms with E-state index >= 15 is 0 Å². The van der Waals surface area contributed by atoms with Gasteiger partial charge in [0.15, 0.2) is 10.1 Å². The van der Waals surface area contributed by atoms with Crippen LogP contribution in [0.2, 0.25) is 0 Å². The van der Waals surface area contributed by atoms with Gasteiger partial charge in [0.05, 0.1) is 10.6 Å². The van der Waals surface area contributed by atoms with E-state index < -0.39 is 0 Å². The third kappa shape index (κ3) is 2.57.